The van der Waals surface area contributed by atoms with Crippen LogP contribution in [0.3, 0.4) is 0 Å². The average molecular weight is 391 g/mol. The Morgan fingerprint density at radius 1 is 1.30 bits per heavy atom. The molecular formula is C20H26N2O4S. The molecule has 7 heteroatoms. The topological polar surface area (TPSA) is 60.0 Å². The van der Waals surface area contributed by atoms with Gasteiger partial charge in [-0.15, -0.1) is 0 Å². The van der Waals surface area contributed by atoms with Gasteiger partial charge in [-0.05, 0) is 36.1 Å². The van der Waals surface area contributed by atoms with Crippen molar-refractivity contribution in [1.29, 1.82) is 0 Å². The molecule has 1 aromatic carbocycles. The van der Waals surface area contributed by atoms with Gasteiger partial charge < -0.3 is 19.5 Å². The molecule has 0 bridgehead atoms. The van der Waals surface area contributed by atoms with E-state index in [1.54, 1.807) is 7.11 Å². The van der Waals surface area contributed by atoms with Crippen LogP contribution in [-0.2, 0) is 4.74 Å². The van der Waals surface area contributed by atoms with Crippen molar-refractivity contribution < 1.29 is 19.0 Å². The zero-order chi connectivity index (χ0) is 19.1. The second-order valence-corrected chi connectivity index (χ2v) is 7.01. The SMILES string of the molecule is CCOc1ccc([C@@H](CNC(=O)c2ccsc2)N2CCOCC2)cc1OC. The molecule has 1 amide bonds. The molecule has 1 aliphatic rings. The van der Waals surface area contributed by atoms with Gasteiger partial charge in [-0.25, -0.2) is 0 Å². The number of methoxy groups -OCH3 is 1. The second-order valence-electron chi connectivity index (χ2n) is 6.23. The van der Waals surface area contributed by atoms with Gasteiger partial charge in [-0.3, -0.25) is 9.69 Å². The average Bonchev–Trinajstić information content (AvgIpc) is 3.25. The Bertz CT molecular complexity index is 730. The van der Waals surface area contributed by atoms with Crippen molar-refractivity contribution in [3.05, 3.63) is 46.2 Å². The van der Waals surface area contributed by atoms with Crippen LogP contribution < -0.4 is 14.8 Å². The molecule has 6 nitrogen and oxygen atoms in total. The Morgan fingerprint density at radius 3 is 2.78 bits per heavy atom. The maximum atomic E-state index is 12.4. The van der Waals surface area contributed by atoms with Crippen LogP contribution in [0.5, 0.6) is 11.5 Å². The van der Waals surface area contributed by atoms with Crippen LogP contribution in [-0.4, -0.2) is 57.4 Å². The van der Waals surface area contributed by atoms with Gasteiger partial charge in [-0.2, -0.15) is 11.3 Å². The van der Waals surface area contributed by atoms with Crippen LogP contribution in [0.2, 0.25) is 0 Å². The Morgan fingerprint density at radius 2 is 2.11 bits per heavy atom. The van der Waals surface area contributed by atoms with E-state index in [-0.39, 0.29) is 11.9 Å². The van der Waals surface area contributed by atoms with Crippen molar-refractivity contribution in [3.63, 3.8) is 0 Å². The van der Waals surface area contributed by atoms with Crippen molar-refractivity contribution in [3.8, 4) is 11.5 Å². The Hall–Kier alpha value is -2.09. The molecular weight excluding hydrogens is 364 g/mol. The lowest BCUT2D eigenvalue weighted by molar-refractivity contribution is 0.0162. The van der Waals surface area contributed by atoms with Gasteiger partial charge in [-0.1, -0.05) is 6.07 Å². The largest absolute Gasteiger partial charge is 0.493 e. The quantitative estimate of drug-likeness (QED) is 0.751. The van der Waals surface area contributed by atoms with Gasteiger partial charge in [0.05, 0.1) is 33.0 Å². The van der Waals surface area contributed by atoms with E-state index in [0.29, 0.717) is 37.7 Å². The maximum absolute atomic E-state index is 12.4. The van der Waals surface area contributed by atoms with Crippen molar-refractivity contribution in [2.24, 2.45) is 0 Å². The first-order valence-corrected chi connectivity index (χ1v) is 10.1. The molecule has 1 aliphatic heterocycles. The maximum Gasteiger partial charge on any atom is 0.252 e. The number of hydrogen-bond acceptors (Lipinski definition) is 6. The molecule has 0 radical (unpaired) electrons. The number of hydrogen-bond donors (Lipinski definition) is 1. The summed E-state index contributed by atoms with van der Waals surface area (Å²) in [7, 11) is 1.64. The van der Waals surface area contributed by atoms with Crippen molar-refractivity contribution in [1.82, 2.24) is 10.2 Å². The molecule has 0 aliphatic carbocycles. The zero-order valence-corrected chi connectivity index (χ0v) is 16.6. The summed E-state index contributed by atoms with van der Waals surface area (Å²) in [5, 5.41) is 6.84. The number of nitrogens with zero attached hydrogens (tertiary/aromatic N) is 1. The van der Waals surface area contributed by atoms with E-state index in [1.807, 2.05) is 41.9 Å². The lowest BCUT2D eigenvalue weighted by atomic mass is 10.0. The highest BCUT2D eigenvalue weighted by Gasteiger charge is 2.24. The standard InChI is InChI=1S/C20H26N2O4S/c1-3-26-18-5-4-15(12-19(18)24-2)17(22-7-9-25-10-8-22)13-21-20(23)16-6-11-27-14-16/h4-6,11-12,14,17H,3,7-10,13H2,1-2H3,(H,21,23)/t17-/m1/s1. The predicted molar refractivity (Wildman–Crippen MR) is 106 cm³/mol. The van der Waals surface area contributed by atoms with Crippen LogP contribution in [0.1, 0.15) is 28.9 Å². The van der Waals surface area contributed by atoms with Crippen molar-refractivity contribution in [2.45, 2.75) is 13.0 Å². The Balaban J connectivity index is 1.79. The molecule has 0 saturated carbocycles. The minimum Gasteiger partial charge on any atom is -0.493 e. The number of carbonyl (C=O) groups excluding carboxylic acids is 1. The van der Waals surface area contributed by atoms with Crippen molar-refractivity contribution >= 4 is 17.2 Å². The predicted octanol–water partition coefficient (Wildman–Crippen LogP) is 2.96. The summed E-state index contributed by atoms with van der Waals surface area (Å²) in [5.74, 6) is 1.39. The van der Waals surface area contributed by atoms with E-state index in [0.717, 1.165) is 24.4 Å². The van der Waals surface area contributed by atoms with Gasteiger partial charge >= 0.3 is 0 Å². The number of ether oxygens (including phenoxy) is 3. The van der Waals surface area contributed by atoms with Gasteiger partial charge in [0.2, 0.25) is 0 Å². The van der Waals surface area contributed by atoms with Gasteiger partial charge in [0.15, 0.2) is 11.5 Å². The highest BCUT2D eigenvalue weighted by atomic mass is 32.1. The number of rotatable bonds is 8. The summed E-state index contributed by atoms with van der Waals surface area (Å²) in [6.07, 6.45) is 0. The van der Waals surface area contributed by atoms with E-state index in [9.17, 15) is 4.79 Å². The highest BCUT2D eigenvalue weighted by Crippen LogP contribution is 2.32. The molecule has 146 valence electrons. The van der Waals surface area contributed by atoms with Crippen LogP contribution in [0.25, 0.3) is 0 Å². The summed E-state index contributed by atoms with van der Waals surface area (Å²) in [4.78, 5) is 14.7. The van der Waals surface area contributed by atoms with Crippen LogP contribution in [0, 0.1) is 0 Å². The number of amides is 1. The van der Waals surface area contributed by atoms with E-state index in [2.05, 4.69) is 10.2 Å². The minimum atomic E-state index is -0.0487. The first kappa shape index (κ1) is 19.7. The normalized spacial score (nSPS) is 15.9. The summed E-state index contributed by atoms with van der Waals surface area (Å²) in [6, 6.07) is 7.86. The van der Waals surface area contributed by atoms with E-state index in [1.165, 1.54) is 11.3 Å². The van der Waals surface area contributed by atoms with Crippen molar-refractivity contribution in [2.75, 3.05) is 46.6 Å². The zero-order valence-electron chi connectivity index (χ0n) is 15.8. The third kappa shape index (κ3) is 5.00. The molecule has 1 saturated heterocycles. The fourth-order valence-electron chi connectivity index (χ4n) is 3.20. The smallest absolute Gasteiger partial charge is 0.252 e. The highest BCUT2D eigenvalue weighted by molar-refractivity contribution is 7.08. The van der Waals surface area contributed by atoms with E-state index in [4.69, 9.17) is 14.2 Å². The van der Waals surface area contributed by atoms with Crippen LogP contribution in [0.4, 0.5) is 0 Å². The Kier molecular flexibility index (Phi) is 7.09. The minimum absolute atomic E-state index is 0.0427. The van der Waals surface area contributed by atoms with E-state index >= 15 is 0 Å². The summed E-state index contributed by atoms with van der Waals surface area (Å²) in [5.41, 5.74) is 1.79. The fraction of sp³-hybridized carbons (Fsp3) is 0.450. The van der Waals surface area contributed by atoms with Gasteiger partial charge in [0.1, 0.15) is 0 Å². The van der Waals surface area contributed by atoms with E-state index < -0.39 is 0 Å². The summed E-state index contributed by atoms with van der Waals surface area (Å²) < 4.78 is 16.6. The summed E-state index contributed by atoms with van der Waals surface area (Å²) in [6.45, 7) is 6.10. The molecule has 1 aromatic heterocycles. The first-order valence-electron chi connectivity index (χ1n) is 9.16. The molecule has 1 atom stereocenters. The van der Waals surface area contributed by atoms with Crippen LogP contribution >= 0.6 is 11.3 Å². The molecule has 1 fully saturated rings. The summed E-state index contributed by atoms with van der Waals surface area (Å²) >= 11 is 1.52. The third-order valence-electron chi connectivity index (χ3n) is 4.60. The molecule has 0 unspecified atom stereocenters. The molecule has 0 spiro atoms. The fourth-order valence-corrected chi connectivity index (χ4v) is 3.83. The van der Waals surface area contributed by atoms with Gasteiger partial charge in [0.25, 0.3) is 5.91 Å². The Labute approximate surface area is 164 Å². The molecule has 2 heterocycles. The molecule has 3 rings (SSSR count). The lowest BCUT2D eigenvalue weighted by Gasteiger charge is -2.35. The number of nitrogens with one attached hydrogen (secondary N) is 1. The van der Waals surface area contributed by atoms with Crippen LogP contribution in [0.15, 0.2) is 35.0 Å². The number of morpholine rings is 1. The molecule has 2 aromatic rings. The first-order chi connectivity index (χ1) is 13.2. The number of thiophene rings is 1. The number of carbonyl (C=O) groups is 1. The lowest BCUT2D eigenvalue weighted by Crippen LogP contribution is -2.43. The third-order valence-corrected chi connectivity index (χ3v) is 5.28. The van der Waals surface area contributed by atoms with Gasteiger partial charge in [0, 0.05) is 30.6 Å². The monoisotopic (exact) mass is 390 g/mol. The second kappa shape index (κ2) is 9.73. The number of benzene rings is 1. The molecule has 1 N–H and O–H groups in total. The molecule has 27 heavy (non-hydrogen) atoms.